The summed E-state index contributed by atoms with van der Waals surface area (Å²) in [6.07, 6.45) is 4.09. The number of phenols is 1. The number of hydrogen-bond donors (Lipinski definition) is 3. The lowest BCUT2D eigenvalue weighted by Crippen LogP contribution is -2.53. The summed E-state index contributed by atoms with van der Waals surface area (Å²) in [4.78, 5) is 69.9. The summed E-state index contributed by atoms with van der Waals surface area (Å²) in [6, 6.07) is 23.4. The van der Waals surface area contributed by atoms with E-state index in [0.29, 0.717) is 42.5 Å². The first-order valence-electron chi connectivity index (χ1n) is 17.0. The molecule has 3 aromatic carbocycles. The van der Waals surface area contributed by atoms with Gasteiger partial charge in [0.05, 0.1) is 28.9 Å². The molecule has 3 N–H and O–H groups in total. The van der Waals surface area contributed by atoms with Gasteiger partial charge in [-0.2, -0.15) is 5.01 Å². The van der Waals surface area contributed by atoms with Crippen molar-refractivity contribution in [3.63, 3.8) is 0 Å². The number of amides is 4. The Hall–Kier alpha value is -5.25. The molecule has 2 aliphatic carbocycles. The largest absolute Gasteiger partial charge is 0.508 e. The average Bonchev–Trinajstić information content (AvgIpc) is 3.46. The normalized spacial score (nSPS) is 27.4. The molecule has 10 nitrogen and oxygen atoms in total. The number of imide groups is 2. The number of hydrogen-bond acceptors (Lipinski definition) is 7. The number of nitrogens with one attached hydrogen (secondary N) is 1. The first kappa shape index (κ1) is 32.3. The van der Waals surface area contributed by atoms with Crippen LogP contribution in [0.15, 0.2) is 90.5 Å². The summed E-state index contributed by atoms with van der Waals surface area (Å²) in [5, 5.41) is 20.8. The van der Waals surface area contributed by atoms with E-state index in [1.165, 1.54) is 4.90 Å². The third-order valence-corrected chi connectivity index (χ3v) is 11.0. The number of allylic oxidation sites excluding steroid dienone is 2. The van der Waals surface area contributed by atoms with E-state index in [-0.39, 0.29) is 37.0 Å². The maximum absolute atomic E-state index is 15.1. The van der Waals surface area contributed by atoms with Crippen LogP contribution in [0.2, 0.25) is 0 Å². The lowest BCUT2D eigenvalue weighted by Gasteiger charge is -2.50. The maximum atomic E-state index is 15.1. The smallest absolute Gasteiger partial charge is 0.303 e. The third-order valence-electron chi connectivity index (χ3n) is 11.0. The quantitative estimate of drug-likeness (QED) is 0.150. The Morgan fingerprint density at radius 2 is 1.63 bits per heavy atom. The Kier molecular flexibility index (Phi) is 8.34. The number of likely N-dealkylation sites (tertiary alicyclic amines) is 1. The Bertz CT molecular complexity index is 1860. The van der Waals surface area contributed by atoms with Crippen LogP contribution in [0.25, 0.3) is 0 Å². The number of aliphatic carboxylic acids is 1. The SMILES string of the molecule is Cc1ccc(NN2C(=O)C3CC4C(=CCC5C(=O)N(CCCCCC(=O)O)C(=O)C54)C(c4cccc(O)c4)C3(c3ccccc3)C2=O)cc1. The van der Waals surface area contributed by atoms with Gasteiger partial charge in [-0.3, -0.25) is 34.3 Å². The van der Waals surface area contributed by atoms with Gasteiger partial charge in [0.2, 0.25) is 11.8 Å². The summed E-state index contributed by atoms with van der Waals surface area (Å²) in [7, 11) is 0. The number of aromatic hydroxyl groups is 1. The molecule has 6 unspecified atom stereocenters. The topological polar surface area (TPSA) is 144 Å². The van der Waals surface area contributed by atoms with Crippen molar-refractivity contribution in [3.05, 3.63) is 107 Å². The molecule has 3 aromatic rings. The van der Waals surface area contributed by atoms with Gasteiger partial charge in [-0.15, -0.1) is 0 Å². The number of fused-ring (bicyclic) bond motifs is 4. The number of anilines is 1. The van der Waals surface area contributed by atoms with Gasteiger partial charge in [-0.25, -0.2) is 0 Å². The molecular formula is C39H39N3O7. The molecule has 10 heteroatoms. The number of phenolic OH excluding ortho intramolecular Hbond substituents is 1. The van der Waals surface area contributed by atoms with Crippen LogP contribution >= 0.6 is 0 Å². The van der Waals surface area contributed by atoms with E-state index in [0.717, 1.165) is 16.1 Å². The summed E-state index contributed by atoms with van der Waals surface area (Å²) >= 11 is 0. The van der Waals surface area contributed by atoms with Crippen LogP contribution in [0.5, 0.6) is 5.75 Å². The Balaban J connectivity index is 1.32. The molecule has 2 heterocycles. The first-order valence-corrected chi connectivity index (χ1v) is 17.0. The summed E-state index contributed by atoms with van der Waals surface area (Å²) in [5.74, 6) is -5.55. The van der Waals surface area contributed by atoms with Crippen molar-refractivity contribution >= 4 is 35.3 Å². The maximum Gasteiger partial charge on any atom is 0.303 e. The molecule has 4 aliphatic rings. The minimum Gasteiger partial charge on any atom is -0.508 e. The first-order chi connectivity index (χ1) is 23.6. The van der Waals surface area contributed by atoms with Crippen LogP contribution in [-0.2, 0) is 29.4 Å². The zero-order valence-corrected chi connectivity index (χ0v) is 27.2. The van der Waals surface area contributed by atoms with Crippen LogP contribution in [0.3, 0.4) is 0 Å². The van der Waals surface area contributed by atoms with Crippen LogP contribution in [0, 0.1) is 30.6 Å². The molecule has 3 fully saturated rings. The van der Waals surface area contributed by atoms with Crippen LogP contribution in [-0.4, -0.2) is 56.3 Å². The molecule has 2 aliphatic heterocycles. The van der Waals surface area contributed by atoms with Crippen molar-refractivity contribution in [2.45, 2.75) is 56.8 Å². The van der Waals surface area contributed by atoms with Gasteiger partial charge in [0.1, 0.15) is 5.75 Å². The predicted octanol–water partition coefficient (Wildman–Crippen LogP) is 5.33. The Morgan fingerprint density at radius 3 is 2.35 bits per heavy atom. The molecule has 1 saturated carbocycles. The molecule has 7 rings (SSSR count). The van der Waals surface area contributed by atoms with Crippen LogP contribution in [0.4, 0.5) is 5.69 Å². The lowest BCUT2D eigenvalue weighted by molar-refractivity contribution is -0.141. The second-order valence-corrected chi connectivity index (χ2v) is 13.7. The van der Waals surface area contributed by atoms with E-state index in [9.17, 15) is 24.3 Å². The number of aryl methyl sites for hydroxylation is 1. The van der Waals surface area contributed by atoms with Crippen molar-refractivity contribution in [2.75, 3.05) is 12.0 Å². The second kappa shape index (κ2) is 12.7. The van der Waals surface area contributed by atoms with Gasteiger partial charge >= 0.3 is 5.97 Å². The van der Waals surface area contributed by atoms with Crippen molar-refractivity contribution in [2.24, 2.45) is 23.7 Å². The Labute approximate surface area is 284 Å². The number of rotatable bonds is 10. The summed E-state index contributed by atoms with van der Waals surface area (Å²) in [6.45, 7) is 2.17. The molecule has 0 aromatic heterocycles. The van der Waals surface area contributed by atoms with E-state index in [1.54, 1.807) is 18.2 Å². The van der Waals surface area contributed by atoms with Crippen molar-refractivity contribution in [1.82, 2.24) is 9.91 Å². The van der Waals surface area contributed by atoms with Gasteiger partial charge in [-0.1, -0.05) is 78.2 Å². The van der Waals surface area contributed by atoms with E-state index in [2.05, 4.69) is 5.43 Å². The second-order valence-electron chi connectivity index (χ2n) is 13.7. The highest BCUT2D eigenvalue weighted by Crippen LogP contribution is 2.64. The molecule has 49 heavy (non-hydrogen) atoms. The molecule has 252 valence electrons. The highest BCUT2D eigenvalue weighted by molar-refractivity contribution is 6.13. The van der Waals surface area contributed by atoms with E-state index in [4.69, 9.17) is 5.11 Å². The number of carbonyl (C=O) groups excluding carboxylic acids is 4. The van der Waals surface area contributed by atoms with Gasteiger partial charge in [0, 0.05) is 18.9 Å². The zero-order valence-electron chi connectivity index (χ0n) is 27.2. The monoisotopic (exact) mass is 661 g/mol. The molecule has 4 amide bonds. The van der Waals surface area contributed by atoms with Crippen molar-refractivity contribution in [3.8, 4) is 5.75 Å². The van der Waals surface area contributed by atoms with Crippen LogP contribution < -0.4 is 5.43 Å². The number of nitrogens with zero attached hydrogens (tertiary/aromatic N) is 2. The summed E-state index contributed by atoms with van der Waals surface area (Å²) in [5.41, 5.74) is 5.44. The Morgan fingerprint density at radius 1 is 0.878 bits per heavy atom. The number of hydrazine groups is 1. The number of unbranched alkanes of at least 4 members (excludes halogenated alkanes) is 2. The van der Waals surface area contributed by atoms with Gasteiger partial charge in [0.15, 0.2) is 0 Å². The fourth-order valence-corrected chi connectivity index (χ4v) is 8.84. The zero-order chi connectivity index (χ0) is 34.4. The number of carbonyl (C=O) groups is 5. The number of carboxylic acids is 1. The molecule has 0 radical (unpaired) electrons. The molecule has 6 atom stereocenters. The minimum absolute atomic E-state index is 0.0151. The van der Waals surface area contributed by atoms with Gasteiger partial charge in [0.25, 0.3) is 11.8 Å². The number of carboxylic acid groups (broad SMARTS) is 1. The van der Waals surface area contributed by atoms with E-state index in [1.807, 2.05) is 73.7 Å². The standard InChI is InChI=1S/C39H39N3O7/c1-23-14-16-26(17-15-23)40-42-36(47)31-22-30-28(18-19-29-33(30)37(48)41(35(29)46)20-7-3-6-13-32(44)45)34(24-9-8-12-27(43)21-24)39(31,38(42)49)25-10-4-2-5-11-25/h2,4-5,8-12,14-18,21,29-31,33-34,40,43H,3,6-7,13,19-20,22H2,1H3,(H,44,45). The fraction of sp³-hybridized carbons (Fsp3) is 0.359. The van der Waals surface area contributed by atoms with E-state index >= 15 is 4.79 Å². The van der Waals surface area contributed by atoms with Crippen molar-refractivity contribution in [1.29, 1.82) is 0 Å². The fourth-order valence-electron chi connectivity index (χ4n) is 8.84. The highest BCUT2D eigenvalue weighted by atomic mass is 16.4. The molecule has 2 saturated heterocycles. The van der Waals surface area contributed by atoms with Gasteiger partial charge in [-0.05, 0) is 73.9 Å². The lowest BCUT2D eigenvalue weighted by atomic mass is 9.49. The molecular weight excluding hydrogens is 622 g/mol. The van der Waals surface area contributed by atoms with Crippen molar-refractivity contribution < 1.29 is 34.2 Å². The van der Waals surface area contributed by atoms with E-state index < -0.39 is 52.8 Å². The van der Waals surface area contributed by atoms with Gasteiger partial charge < -0.3 is 10.2 Å². The average molecular weight is 662 g/mol. The highest BCUT2D eigenvalue weighted by Gasteiger charge is 2.70. The predicted molar refractivity (Wildman–Crippen MR) is 180 cm³/mol. The molecule has 0 bridgehead atoms. The molecule has 0 spiro atoms. The summed E-state index contributed by atoms with van der Waals surface area (Å²) < 4.78 is 0. The minimum atomic E-state index is -1.39. The number of benzene rings is 3. The third kappa shape index (κ3) is 5.30. The van der Waals surface area contributed by atoms with Crippen LogP contribution in [0.1, 0.15) is 61.1 Å².